The zero-order valence-electron chi connectivity index (χ0n) is 19.2. The number of ether oxygens (including phenoxy) is 2. The first-order chi connectivity index (χ1) is 17.7. The number of alkyl halides is 3. The normalized spacial score (nSPS) is 15.7. The fourth-order valence-corrected chi connectivity index (χ4v) is 4.87. The van der Waals surface area contributed by atoms with Gasteiger partial charge in [-0.3, -0.25) is 14.5 Å². The van der Waals surface area contributed by atoms with Crippen LogP contribution in [0.25, 0.3) is 6.08 Å². The molecular formula is C25H19Cl3N2O5S2. The van der Waals surface area contributed by atoms with E-state index < -0.39 is 15.9 Å². The van der Waals surface area contributed by atoms with Gasteiger partial charge in [0.05, 0.1) is 24.8 Å². The molecule has 3 aromatic rings. The molecule has 2 aromatic carbocycles. The predicted molar refractivity (Wildman–Crippen MR) is 149 cm³/mol. The highest BCUT2D eigenvalue weighted by Crippen LogP contribution is 2.38. The summed E-state index contributed by atoms with van der Waals surface area (Å²) in [5.41, 5.74) is 1.03. The SMILES string of the molecule is COc1cc(/C=C2\SC(=S)N(Cc3ccco3)C2=O)ccc1O[C@H](NC(=O)c1ccccc1)C(Cl)(Cl)Cl. The summed E-state index contributed by atoms with van der Waals surface area (Å²) < 4.78 is 15.1. The van der Waals surface area contributed by atoms with E-state index in [0.29, 0.717) is 31.9 Å². The van der Waals surface area contributed by atoms with Gasteiger partial charge in [0.25, 0.3) is 11.8 Å². The lowest BCUT2D eigenvalue weighted by molar-refractivity contribution is -0.122. The summed E-state index contributed by atoms with van der Waals surface area (Å²) in [5, 5.41) is 2.58. The molecular weight excluding hydrogens is 579 g/mol. The topological polar surface area (TPSA) is 81.0 Å². The lowest BCUT2D eigenvalue weighted by Gasteiger charge is -2.27. The van der Waals surface area contributed by atoms with Crippen LogP contribution < -0.4 is 14.8 Å². The molecule has 192 valence electrons. The van der Waals surface area contributed by atoms with Crippen LogP contribution in [0.2, 0.25) is 0 Å². The molecule has 2 heterocycles. The molecule has 2 amide bonds. The van der Waals surface area contributed by atoms with Crippen molar-refractivity contribution in [3.8, 4) is 11.5 Å². The molecule has 0 saturated carbocycles. The molecule has 0 bridgehead atoms. The lowest BCUT2D eigenvalue weighted by atomic mass is 10.2. The van der Waals surface area contributed by atoms with Crippen LogP contribution in [0.5, 0.6) is 11.5 Å². The summed E-state index contributed by atoms with van der Waals surface area (Å²) in [5.74, 6) is 0.431. The average molecular weight is 598 g/mol. The van der Waals surface area contributed by atoms with E-state index in [1.54, 1.807) is 73.0 Å². The third-order valence-electron chi connectivity index (χ3n) is 5.09. The standard InChI is InChI=1S/C25H19Cl3N2O5S2/c1-33-19-12-15(13-20-22(32)30(24(36)37-20)14-17-8-5-11-34-17)9-10-18(19)35-23(25(26,27)28)29-21(31)16-6-3-2-4-7-16/h2-13,23H,14H2,1H3,(H,29,31)/b20-13-/t23-/m0/s1. The Morgan fingerprint density at radius 3 is 2.57 bits per heavy atom. The van der Waals surface area contributed by atoms with Crippen molar-refractivity contribution >= 4 is 81.0 Å². The number of hydrogen-bond acceptors (Lipinski definition) is 7. The molecule has 0 radical (unpaired) electrons. The molecule has 37 heavy (non-hydrogen) atoms. The van der Waals surface area contributed by atoms with E-state index >= 15 is 0 Å². The minimum Gasteiger partial charge on any atom is -0.493 e. The van der Waals surface area contributed by atoms with Crippen molar-refractivity contribution in [1.82, 2.24) is 10.2 Å². The van der Waals surface area contributed by atoms with Crippen molar-refractivity contribution in [1.29, 1.82) is 0 Å². The summed E-state index contributed by atoms with van der Waals surface area (Å²) in [7, 11) is 1.45. The van der Waals surface area contributed by atoms with Crippen molar-refractivity contribution in [3.05, 3.63) is 88.7 Å². The first-order valence-corrected chi connectivity index (χ1v) is 13.1. The van der Waals surface area contributed by atoms with Gasteiger partial charge >= 0.3 is 0 Å². The van der Waals surface area contributed by atoms with Crippen LogP contribution in [0.15, 0.2) is 76.2 Å². The Morgan fingerprint density at radius 2 is 1.92 bits per heavy atom. The second-order valence-corrected chi connectivity index (χ2v) is 11.7. The molecule has 1 saturated heterocycles. The largest absolute Gasteiger partial charge is 0.493 e. The van der Waals surface area contributed by atoms with Gasteiger partial charge in [-0.2, -0.15) is 0 Å². The molecule has 1 N–H and O–H groups in total. The number of methoxy groups -OCH3 is 1. The third kappa shape index (κ3) is 6.80. The fraction of sp³-hybridized carbons (Fsp3) is 0.160. The molecule has 0 unspecified atom stereocenters. The van der Waals surface area contributed by atoms with Crippen LogP contribution in [0, 0.1) is 0 Å². The highest BCUT2D eigenvalue weighted by Gasteiger charge is 2.37. The number of carbonyl (C=O) groups excluding carboxylic acids is 2. The number of thioether (sulfide) groups is 1. The third-order valence-corrected chi connectivity index (χ3v) is 7.07. The van der Waals surface area contributed by atoms with Gasteiger partial charge in [0.1, 0.15) is 10.1 Å². The molecule has 1 atom stereocenters. The van der Waals surface area contributed by atoms with Gasteiger partial charge in [-0.1, -0.05) is 83.0 Å². The molecule has 4 rings (SSSR count). The zero-order chi connectivity index (χ0) is 26.6. The predicted octanol–water partition coefficient (Wildman–Crippen LogP) is 6.19. The average Bonchev–Trinajstić information content (AvgIpc) is 3.48. The van der Waals surface area contributed by atoms with Crippen molar-refractivity contribution in [2.45, 2.75) is 16.6 Å². The monoisotopic (exact) mass is 596 g/mol. The maximum atomic E-state index is 12.9. The van der Waals surface area contributed by atoms with Gasteiger partial charge in [-0.25, -0.2) is 0 Å². The van der Waals surface area contributed by atoms with Gasteiger partial charge in [0.2, 0.25) is 10.0 Å². The quantitative estimate of drug-likeness (QED) is 0.143. The molecule has 7 nitrogen and oxygen atoms in total. The van der Waals surface area contributed by atoms with Crippen LogP contribution in [0.3, 0.4) is 0 Å². The molecule has 1 fully saturated rings. The zero-order valence-corrected chi connectivity index (χ0v) is 23.1. The molecule has 1 aliphatic heterocycles. The van der Waals surface area contributed by atoms with Gasteiger partial charge in [-0.15, -0.1) is 0 Å². The van der Waals surface area contributed by atoms with Gasteiger partial charge in [0.15, 0.2) is 11.5 Å². The Hall–Kier alpha value is -2.69. The highest BCUT2D eigenvalue weighted by molar-refractivity contribution is 8.26. The van der Waals surface area contributed by atoms with Crippen LogP contribution in [-0.2, 0) is 11.3 Å². The van der Waals surface area contributed by atoms with E-state index in [2.05, 4.69) is 5.32 Å². The number of nitrogens with zero attached hydrogens (tertiary/aromatic N) is 1. The number of hydrogen-bond donors (Lipinski definition) is 1. The Morgan fingerprint density at radius 1 is 1.16 bits per heavy atom. The van der Waals surface area contributed by atoms with Crippen molar-refractivity contribution in [2.24, 2.45) is 0 Å². The van der Waals surface area contributed by atoms with E-state index in [0.717, 1.165) is 0 Å². The molecule has 1 aliphatic rings. The second kappa shape index (κ2) is 11.8. The number of rotatable bonds is 8. The maximum Gasteiger partial charge on any atom is 0.266 e. The van der Waals surface area contributed by atoms with E-state index in [9.17, 15) is 9.59 Å². The van der Waals surface area contributed by atoms with Crippen molar-refractivity contribution in [2.75, 3.05) is 7.11 Å². The van der Waals surface area contributed by atoms with Crippen LogP contribution >= 0.6 is 58.8 Å². The van der Waals surface area contributed by atoms with Crippen LogP contribution in [0.4, 0.5) is 0 Å². The smallest absolute Gasteiger partial charge is 0.266 e. The van der Waals surface area contributed by atoms with Crippen molar-refractivity contribution < 1.29 is 23.5 Å². The summed E-state index contributed by atoms with van der Waals surface area (Å²) in [6, 6.07) is 16.9. The lowest BCUT2D eigenvalue weighted by Crippen LogP contribution is -2.47. The summed E-state index contributed by atoms with van der Waals surface area (Å²) in [6.07, 6.45) is 1.90. The molecule has 1 aromatic heterocycles. The minimum absolute atomic E-state index is 0.217. The number of carbonyl (C=O) groups is 2. The van der Waals surface area contributed by atoms with E-state index in [1.165, 1.54) is 23.8 Å². The van der Waals surface area contributed by atoms with E-state index in [4.69, 9.17) is 60.9 Å². The Balaban J connectivity index is 1.52. The first-order valence-electron chi connectivity index (χ1n) is 10.7. The summed E-state index contributed by atoms with van der Waals surface area (Å²) in [6.45, 7) is 0.248. The molecule has 12 heteroatoms. The number of nitrogens with one attached hydrogen (secondary N) is 1. The first kappa shape index (κ1) is 27.3. The van der Waals surface area contributed by atoms with Crippen LogP contribution in [0.1, 0.15) is 21.7 Å². The summed E-state index contributed by atoms with van der Waals surface area (Å²) >= 11 is 24.8. The number of halogens is 3. The van der Waals surface area contributed by atoms with Gasteiger partial charge < -0.3 is 19.2 Å². The summed E-state index contributed by atoms with van der Waals surface area (Å²) in [4.78, 5) is 27.4. The molecule has 0 spiro atoms. The Labute approximate surface area is 237 Å². The maximum absolute atomic E-state index is 12.9. The van der Waals surface area contributed by atoms with E-state index in [-0.39, 0.29) is 18.2 Å². The number of amides is 2. The van der Waals surface area contributed by atoms with Crippen molar-refractivity contribution in [3.63, 3.8) is 0 Å². The number of benzene rings is 2. The van der Waals surface area contributed by atoms with Crippen LogP contribution in [-0.4, -0.2) is 38.2 Å². The number of thiocarbonyl (C=S) groups is 1. The van der Waals surface area contributed by atoms with Gasteiger partial charge in [-0.05, 0) is 48.0 Å². The fourth-order valence-electron chi connectivity index (χ4n) is 3.31. The second-order valence-electron chi connectivity index (χ2n) is 7.64. The van der Waals surface area contributed by atoms with Gasteiger partial charge in [0, 0.05) is 5.56 Å². The number of furan rings is 1. The van der Waals surface area contributed by atoms with E-state index in [1.807, 2.05) is 0 Å². The Bertz CT molecular complexity index is 1330. The molecule has 0 aliphatic carbocycles. The highest BCUT2D eigenvalue weighted by atomic mass is 35.6. The minimum atomic E-state index is -1.99. The Kier molecular flexibility index (Phi) is 8.71.